The fraction of sp³-hybridized carbons (Fsp3) is 0.333. The van der Waals surface area contributed by atoms with Crippen molar-refractivity contribution >= 4 is 11.6 Å². The molecule has 0 spiro atoms. The maximum absolute atomic E-state index is 6.32. The van der Waals surface area contributed by atoms with Gasteiger partial charge in [-0.3, -0.25) is 0 Å². The average molecular weight is 302 g/mol. The molecule has 0 radical (unpaired) electrons. The van der Waals surface area contributed by atoms with E-state index in [1.54, 1.807) is 0 Å². The van der Waals surface area contributed by atoms with Gasteiger partial charge in [0.2, 0.25) is 0 Å². The van der Waals surface area contributed by atoms with E-state index >= 15 is 0 Å². The van der Waals surface area contributed by atoms with Crippen LogP contribution in [0.25, 0.3) is 0 Å². The summed E-state index contributed by atoms with van der Waals surface area (Å²) in [5.74, 6) is 0. The fourth-order valence-corrected chi connectivity index (χ4v) is 3.22. The molecule has 0 heterocycles. The maximum Gasteiger partial charge on any atom is 0.0955 e. The molecule has 1 aliphatic rings. The van der Waals surface area contributed by atoms with Crippen molar-refractivity contribution in [2.45, 2.75) is 31.5 Å². The SMILES string of the molecule is NCC(OC1CCCc2ccccc21)c1cccc(Cl)c1. The largest absolute Gasteiger partial charge is 0.364 e. The minimum absolute atomic E-state index is 0.111. The molecular formula is C18H20ClNO. The normalized spacial score (nSPS) is 19.0. The van der Waals surface area contributed by atoms with E-state index in [0.29, 0.717) is 6.54 Å². The molecule has 0 aromatic heterocycles. The van der Waals surface area contributed by atoms with Crippen LogP contribution in [-0.2, 0) is 11.2 Å². The molecule has 2 nitrogen and oxygen atoms in total. The van der Waals surface area contributed by atoms with E-state index in [9.17, 15) is 0 Å². The van der Waals surface area contributed by atoms with E-state index in [0.717, 1.165) is 29.8 Å². The van der Waals surface area contributed by atoms with Crippen LogP contribution >= 0.6 is 11.6 Å². The first kappa shape index (κ1) is 14.6. The summed E-state index contributed by atoms with van der Waals surface area (Å²) < 4.78 is 6.32. The first-order valence-corrected chi connectivity index (χ1v) is 7.84. The molecule has 2 N–H and O–H groups in total. The molecular weight excluding hydrogens is 282 g/mol. The van der Waals surface area contributed by atoms with E-state index < -0.39 is 0 Å². The van der Waals surface area contributed by atoms with Crippen molar-refractivity contribution in [3.05, 3.63) is 70.2 Å². The Morgan fingerprint density at radius 1 is 1.19 bits per heavy atom. The van der Waals surface area contributed by atoms with Crippen LogP contribution in [0.4, 0.5) is 0 Å². The zero-order valence-corrected chi connectivity index (χ0v) is 12.7. The predicted octanol–water partition coefficient (Wildman–Crippen LogP) is 4.43. The van der Waals surface area contributed by atoms with Crippen LogP contribution in [0.2, 0.25) is 5.02 Å². The second-order valence-corrected chi connectivity index (χ2v) is 5.93. The highest BCUT2D eigenvalue weighted by Gasteiger charge is 2.24. The summed E-state index contributed by atoms with van der Waals surface area (Å²) in [5.41, 5.74) is 9.68. The van der Waals surface area contributed by atoms with Crippen LogP contribution in [0.15, 0.2) is 48.5 Å². The zero-order chi connectivity index (χ0) is 14.7. The molecule has 0 fully saturated rings. The lowest BCUT2D eigenvalue weighted by atomic mass is 9.89. The second kappa shape index (κ2) is 6.61. The first-order chi connectivity index (χ1) is 10.3. The molecule has 2 aromatic rings. The summed E-state index contributed by atoms with van der Waals surface area (Å²) >= 11 is 6.07. The molecule has 0 aliphatic heterocycles. The third-order valence-electron chi connectivity index (χ3n) is 4.08. The Morgan fingerprint density at radius 2 is 2.05 bits per heavy atom. The number of fused-ring (bicyclic) bond motifs is 1. The van der Waals surface area contributed by atoms with Gasteiger partial charge < -0.3 is 10.5 Å². The Bertz CT molecular complexity index is 614. The number of nitrogens with two attached hydrogens (primary N) is 1. The maximum atomic E-state index is 6.32. The van der Waals surface area contributed by atoms with E-state index in [2.05, 4.69) is 24.3 Å². The van der Waals surface area contributed by atoms with Crippen LogP contribution in [0.5, 0.6) is 0 Å². The first-order valence-electron chi connectivity index (χ1n) is 7.46. The van der Waals surface area contributed by atoms with Crippen molar-refractivity contribution in [3.63, 3.8) is 0 Å². The lowest BCUT2D eigenvalue weighted by molar-refractivity contribution is -0.0191. The minimum Gasteiger partial charge on any atom is -0.364 e. The number of halogens is 1. The molecule has 0 amide bonds. The highest BCUT2D eigenvalue weighted by molar-refractivity contribution is 6.30. The van der Waals surface area contributed by atoms with Crippen molar-refractivity contribution in [2.24, 2.45) is 5.73 Å². The molecule has 2 aromatic carbocycles. The zero-order valence-electron chi connectivity index (χ0n) is 12.0. The Kier molecular flexibility index (Phi) is 4.59. The average Bonchev–Trinajstić information content (AvgIpc) is 2.52. The van der Waals surface area contributed by atoms with Crippen LogP contribution in [0.1, 0.15) is 41.7 Å². The van der Waals surface area contributed by atoms with Crippen molar-refractivity contribution in [3.8, 4) is 0 Å². The third-order valence-corrected chi connectivity index (χ3v) is 4.31. The second-order valence-electron chi connectivity index (χ2n) is 5.50. The Morgan fingerprint density at radius 3 is 2.86 bits per heavy atom. The molecule has 0 bridgehead atoms. The molecule has 2 unspecified atom stereocenters. The van der Waals surface area contributed by atoms with E-state index in [-0.39, 0.29) is 12.2 Å². The summed E-state index contributed by atoms with van der Waals surface area (Å²) in [7, 11) is 0. The van der Waals surface area contributed by atoms with Gasteiger partial charge in [-0.05, 0) is 48.1 Å². The predicted molar refractivity (Wildman–Crippen MR) is 86.5 cm³/mol. The summed E-state index contributed by atoms with van der Waals surface area (Å²) in [4.78, 5) is 0. The van der Waals surface area contributed by atoms with Crippen LogP contribution in [-0.4, -0.2) is 6.54 Å². The molecule has 110 valence electrons. The van der Waals surface area contributed by atoms with Crippen molar-refractivity contribution < 1.29 is 4.74 Å². The molecule has 3 rings (SSSR count). The van der Waals surface area contributed by atoms with E-state index in [4.69, 9.17) is 22.1 Å². The summed E-state index contributed by atoms with van der Waals surface area (Å²) in [5, 5.41) is 0.721. The summed E-state index contributed by atoms with van der Waals surface area (Å²) in [6.07, 6.45) is 3.37. The Hall–Kier alpha value is -1.35. The van der Waals surface area contributed by atoms with Gasteiger partial charge in [-0.2, -0.15) is 0 Å². The highest BCUT2D eigenvalue weighted by atomic mass is 35.5. The molecule has 2 atom stereocenters. The van der Waals surface area contributed by atoms with Crippen molar-refractivity contribution in [1.82, 2.24) is 0 Å². The molecule has 1 aliphatic carbocycles. The van der Waals surface area contributed by atoms with Gasteiger partial charge in [0.15, 0.2) is 0 Å². The quantitative estimate of drug-likeness (QED) is 0.906. The number of aryl methyl sites for hydroxylation is 1. The minimum atomic E-state index is -0.111. The van der Waals surface area contributed by atoms with Gasteiger partial charge in [-0.1, -0.05) is 48.0 Å². The van der Waals surface area contributed by atoms with Gasteiger partial charge in [-0.15, -0.1) is 0 Å². The van der Waals surface area contributed by atoms with E-state index in [1.807, 2.05) is 24.3 Å². The van der Waals surface area contributed by atoms with Gasteiger partial charge in [0.25, 0.3) is 0 Å². The van der Waals surface area contributed by atoms with Gasteiger partial charge in [0, 0.05) is 11.6 Å². The smallest absolute Gasteiger partial charge is 0.0955 e. The van der Waals surface area contributed by atoms with Crippen molar-refractivity contribution in [2.75, 3.05) is 6.54 Å². The number of hydrogen-bond acceptors (Lipinski definition) is 2. The van der Waals surface area contributed by atoms with Gasteiger partial charge >= 0.3 is 0 Å². The van der Waals surface area contributed by atoms with Crippen LogP contribution in [0.3, 0.4) is 0 Å². The molecule has 0 saturated carbocycles. The number of ether oxygens (including phenoxy) is 1. The fourth-order valence-electron chi connectivity index (χ4n) is 3.03. The van der Waals surface area contributed by atoms with Gasteiger partial charge in [0.1, 0.15) is 0 Å². The summed E-state index contributed by atoms with van der Waals surface area (Å²) in [6, 6.07) is 16.3. The Labute approximate surface area is 130 Å². The van der Waals surface area contributed by atoms with Crippen molar-refractivity contribution in [1.29, 1.82) is 0 Å². The topological polar surface area (TPSA) is 35.2 Å². The number of benzene rings is 2. The standard InChI is InChI=1S/C18H20ClNO/c19-15-8-3-7-14(11-15)18(12-20)21-17-10-4-6-13-5-1-2-9-16(13)17/h1-3,5,7-9,11,17-18H,4,6,10,12,20H2. The van der Waals surface area contributed by atoms with E-state index in [1.165, 1.54) is 11.1 Å². The van der Waals surface area contributed by atoms with Gasteiger partial charge in [-0.25, -0.2) is 0 Å². The lowest BCUT2D eigenvalue weighted by Gasteiger charge is -2.29. The lowest BCUT2D eigenvalue weighted by Crippen LogP contribution is -2.21. The van der Waals surface area contributed by atoms with Crippen LogP contribution < -0.4 is 5.73 Å². The molecule has 3 heteroatoms. The Balaban J connectivity index is 1.82. The number of rotatable bonds is 4. The number of hydrogen-bond donors (Lipinski definition) is 1. The molecule has 21 heavy (non-hydrogen) atoms. The highest BCUT2D eigenvalue weighted by Crippen LogP contribution is 2.36. The monoisotopic (exact) mass is 301 g/mol. The third kappa shape index (κ3) is 3.29. The van der Waals surface area contributed by atoms with Gasteiger partial charge in [0.05, 0.1) is 12.2 Å². The summed E-state index contributed by atoms with van der Waals surface area (Å²) in [6.45, 7) is 0.457. The van der Waals surface area contributed by atoms with Crippen LogP contribution in [0, 0.1) is 0 Å². The molecule has 0 saturated heterocycles.